The van der Waals surface area contributed by atoms with E-state index in [0.717, 1.165) is 22.5 Å². The highest BCUT2D eigenvalue weighted by atomic mass is 32.2. The number of esters is 1. The highest BCUT2D eigenvalue weighted by molar-refractivity contribution is 8.15. The number of nitrogens with zero attached hydrogens (tertiary/aromatic N) is 2. The number of hydrogen-bond donors (Lipinski definition) is 1. The van der Waals surface area contributed by atoms with E-state index in [0.29, 0.717) is 16.9 Å². The number of ether oxygens (including phenoxy) is 1. The molecule has 0 radical (unpaired) electrons. The van der Waals surface area contributed by atoms with Crippen LogP contribution in [-0.4, -0.2) is 34.5 Å². The molecule has 1 heterocycles. The maximum atomic E-state index is 12.7. The van der Waals surface area contributed by atoms with E-state index in [1.165, 1.54) is 6.21 Å². The summed E-state index contributed by atoms with van der Waals surface area (Å²) < 4.78 is 5.54. The number of thioether (sulfide) groups is 1. The summed E-state index contributed by atoms with van der Waals surface area (Å²) in [4.78, 5) is 35.1. The number of carboxylic acids is 1. The van der Waals surface area contributed by atoms with Crippen molar-refractivity contribution in [3.63, 3.8) is 0 Å². The number of hydrogen-bond acceptors (Lipinski definition) is 8. The molecule has 1 saturated heterocycles. The predicted molar refractivity (Wildman–Crippen MR) is 120 cm³/mol. The molecule has 0 aromatic heterocycles. The second kappa shape index (κ2) is 9.44. The summed E-state index contributed by atoms with van der Waals surface area (Å²) in [6.45, 7) is 0. The van der Waals surface area contributed by atoms with Gasteiger partial charge in [-0.15, -0.1) is 5.10 Å². The molecule has 160 valence electrons. The fourth-order valence-electron chi connectivity index (χ4n) is 3.11. The minimum Gasteiger partial charge on any atom is -0.550 e. The van der Waals surface area contributed by atoms with Crippen LogP contribution in [0.15, 0.2) is 76.9 Å². The van der Waals surface area contributed by atoms with Crippen LogP contribution in [-0.2, 0) is 9.59 Å². The molecule has 3 aromatic carbocycles. The smallest absolute Gasteiger partial charge is 0.344 e. The Morgan fingerprint density at radius 1 is 1.09 bits per heavy atom. The number of carbonyl (C=O) groups is 3. The number of rotatable bonds is 6. The van der Waals surface area contributed by atoms with E-state index in [4.69, 9.17) is 4.74 Å². The molecule has 8 nitrogen and oxygen atoms in total. The zero-order chi connectivity index (χ0) is 22.5. The molecular formula is C23H16N3O5S-. The van der Waals surface area contributed by atoms with Crippen LogP contribution in [0.3, 0.4) is 0 Å². The summed E-state index contributed by atoms with van der Waals surface area (Å²) in [5.74, 6) is -1.88. The van der Waals surface area contributed by atoms with E-state index < -0.39 is 29.5 Å². The fourth-order valence-corrected chi connectivity index (χ4v) is 4.02. The Morgan fingerprint density at radius 3 is 2.72 bits per heavy atom. The molecule has 0 spiro atoms. The van der Waals surface area contributed by atoms with E-state index in [9.17, 15) is 19.5 Å². The zero-order valence-corrected chi connectivity index (χ0v) is 17.4. The van der Waals surface area contributed by atoms with Gasteiger partial charge in [-0.1, -0.05) is 60.3 Å². The normalized spacial score (nSPS) is 17.1. The van der Waals surface area contributed by atoms with Crippen LogP contribution in [0, 0.1) is 0 Å². The van der Waals surface area contributed by atoms with Crippen molar-refractivity contribution in [1.29, 1.82) is 0 Å². The van der Waals surface area contributed by atoms with Gasteiger partial charge in [-0.05, 0) is 34.5 Å². The van der Waals surface area contributed by atoms with E-state index in [-0.39, 0.29) is 5.17 Å². The first kappa shape index (κ1) is 21.3. The van der Waals surface area contributed by atoms with Gasteiger partial charge in [-0.3, -0.25) is 4.79 Å². The monoisotopic (exact) mass is 446 g/mol. The molecule has 9 heteroatoms. The van der Waals surface area contributed by atoms with Crippen molar-refractivity contribution in [2.24, 2.45) is 10.2 Å². The zero-order valence-electron chi connectivity index (χ0n) is 16.6. The van der Waals surface area contributed by atoms with Crippen molar-refractivity contribution < 1.29 is 24.2 Å². The SMILES string of the molecule is O=C([O-])C[C@@H]1S/C(=N/N=C\c2cccc(OC(=O)c3cccc4ccccc34)c2)NC1=O. The van der Waals surface area contributed by atoms with Crippen molar-refractivity contribution >= 4 is 51.8 Å². The van der Waals surface area contributed by atoms with Gasteiger partial charge in [0, 0.05) is 12.4 Å². The van der Waals surface area contributed by atoms with Crippen molar-refractivity contribution in [1.82, 2.24) is 5.32 Å². The Kier molecular flexibility index (Phi) is 6.27. The van der Waals surface area contributed by atoms with E-state index >= 15 is 0 Å². The first-order valence-corrected chi connectivity index (χ1v) is 10.5. The van der Waals surface area contributed by atoms with Gasteiger partial charge in [0.05, 0.1) is 17.0 Å². The third kappa shape index (κ3) is 5.01. The number of carbonyl (C=O) groups excluding carboxylic acids is 3. The number of fused-ring (bicyclic) bond motifs is 1. The van der Waals surface area contributed by atoms with Gasteiger partial charge in [-0.2, -0.15) is 5.10 Å². The summed E-state index contributed by atoms with van der Waals surface area (Å²) >= 11 is 0.978. The van der Waals surface area contributed by atoms with Gasteiger partial charge >= 0.3 is 5.97 Å². The average Bonchev–Trinajstić information content (AvgIpc) is 3.12. The Balaban J connectivity index is 1.44. The number of amidine groups is 1. The predicted octanol–water partition coefficient (Wildman–Crippen LogP) is 2.12. The third-order valence-corrected chi connectivity index (χ3v) is 5.63. The number of nitrogens with one attached hydrogen (secondary N) is 1. The largest absolute Gasteiger partial charge is 0.550 e. The fraction of sp³-hybridized carbons (Fsp3) is 0.0870. The van der Waals surface area contributed by atoms with Gasteiger partial charge in [0.15, 0.2) is 5.17 Å². The summed E-state index contributed by atoms with van der Waals surface area (Å²) in [5, 5.41) is 22.1. The van der Waals surface area contributed by atoms with E-state index in [1.807, 2.05) is 30.3 Å². The van der Waals surface area contributed by atoms with Gasteiger partial charge in [-0.25, -0.2) is 4.79 Å². The summed E-state index contributed by atoms with van der Waals surface area (Å²) in [6, 6.07) is 19.8. The van der Waals surface area contributed by atoms with Crippen LogP contribution in [0.25, 0.3) is 10.8 Å². The Labute approximate surface area is 187 Å². The number of benzene rings is 3. The Morgan fingerprint density at radius 2 is 1.88 bits per heavy atom. The molecule has 1 N–H and O–H groups in total. The highest BCUT2D eigenvalue weighted by Gasteiger charge is 2.30. The van der Waals surface area contributed by atoms with Crippen molar-refractivity contribution in [3.8, 4) is 5.75 Å². The van der Waals surface area contributed by atoms with Gasteiger partial charge in [0.25, 0.3) is 0 Å². The van der Waals surface area contributed by atoms with Crippen LogP contribution in [0.4, 0.5) is 0 Å². The quantitative estimate of drug-likeness (QED) is 0.268. The first-order chi connectivity index (χ1) is 15.5. The molecule has 1 fully saturated rings. The van der Waals surface area contributed by atoms with Gasteiger partial charge < -0.3 is 20.0 Å². The maximum absolute atomic E-state index is 12.7. The molecule has 4 rings (SSSR count). The first-order valence-electron chi connectivity index (χ1n) is 9.58. The van der Waals surface area contributed by atoms with E-state index in [2.05, 4.69) is 15.5 Å². The second-order valence-corrected chi connectivity index (χ2v) is 8.00. The number of aliphatic carboxylic acids is 1. The Hall–Kier alpha value is -3.98. The van der Waals surface area contributed by atoms with Crippen molar-refractivity contribution in [2.45, 2.75) is 11.7 Å². The lowest BCUT2D eigenvalue weighted by Gasteiger charge is -2.07. The lowest BCUT2D eigenvalue weighted by Crippen LogP contribution is -2.31. The lowest BCUT2D eigenvalue weighted by atomic mass is 10.0. The molecular weight excluding hydrogens is 430 g/mol. The van der Waals surface area contributed by atoms with Crippen molar-refractivity contribution in [2.75, 3.05) is 0 Å². The maximum Gasteiger partial charge on any atom is 0.344 e. The topological polar surface area (TPSA) is 120 Å². The molecule has 32 heavy (non-hydrogen) atoms. The molecule has 1 aliphatic heterocycles. The summed E-state index contributed by atoms with van der Waals surface area (Å²) in [6.07, 6.45) is 1.03. The van der Waals surface area contributed by atoms with Crippen LogP contribution >= 0.6 is 11.8 Å². The molecule has 0 aliphatic carbocycles. The lowest BCUT2D eigenvalue weighted by molar-refractivity contribution is -0.305. The second-order valence-electron chi connectivity index (χ2n) is 6.81. The molecule has 1 amide bonds. The minimum absolute atomic E-state index is 0.205. The molecule has 0 unspecified atom stereocenters. The highest BCUT2D eigenvalue weighted by Crippen LogP contribution is 2.23. The molecule has 1 atom stereocenters. The summed E-state index contributed by atoms with van der Waals surface area (Å²) in [7, 11) is 0. The van der Waals surface area contributed by atoms with E-state index in [1.54, 1.807) is 36.4 Å². The molecule has 0 saturated carbocycles. The third-order valence-electron chi connectivity index (χ3n) is 4.56. The molecule has 1 aliphatic rings. The molecule has 3 aromatic rings. The molecule has 0 bridgehead atoms. The number of amides is 1. The number of carboxylic acid groups (broad SMARTS) is 1. The minimum atomic E-state index is -1.31. The van der Waals surface area contributed by atoms with Gasteiger partial charge in [0.2, 0.25) is 5.91 Å². The van der Waals surface area contributed by atoms with Crippen LogP contribution < -0.4 is 15.2 Å². The van der Waals surface area contributed by atoms with Crippen molar-refractivity contribution in [3.05, 3.63) is 77.9 Å². The standard InChI is InChI=1S/C23H17N3O5S/c27-20(28)12-19-21(29)25-23(32-19)26-24-13-14-5-3-8-16(11-14)31-22(30)18-10-4-7-15-6-1-2-9-17(15)18/h1-11,13,19H,12H2,(H,27,28)(H,25,26,29)/p-1/b24-13-/t19-/m0/s1. The summed E-state index contributed by atoms with van der Waals surface area (Å²) in [5.41, 5.74) is 1.09. The van der Waals surface area contributed by atoms with Gasteiger partial charge in [0.1, 0.15) is 5.75 Å². The average molecular weight is 446 g/mol. The van der Waals surface area contributed by atoms with Crippen LogP contribution in [0.2, 0.25) is 0 Å². The van der Waals surface area contributed by atoms with Crippen LogP contribution in [0.5, 0.6) is 5.75 Å². The Bertz CT molecular complexity index is 1270. The van der Waals surface area contributed by atoms with Crippen LogP contribution in [0.1, 0.15) is 22.3 Å².